The van der Waals surface area contributed by atoms with Gasteiger partial charge in [0.15, 0.2) is 0 Å². The number of ether oxygens (including phenoxy) is 2. The van der Waals surface area contributed by atoms with E-state index < -0.39 is 17.4 Å². The van der Waals surface area contributed by atoms with Crippen LogP contribution in [0.2, 0.25) is 5.15 Å². The number of nitrogens with one attached hydrogen (secondary N) is 2. The molecule has 0 unspecified atom stereocenters. The summed E-state index contributed by atoms with van der Waals surface area (Å²) in [6, 6.07) is 9.10. The molecule has 3 rings (SSSR count). The molecule has 0 aliphatic carbocycles. The van der Waals surface area contributed by atoms with Crippen LogP contribution in [0.4, 0.5) is 10.5 Å². The Kier molecular flexibility index (Phi) is 8.69. The van der Waals surface area contributed by atoms with Gasteiger partial charge in [-0.3, -0.25) is 9.59 Å². The fourth-order valence-corrected chi connectivity index (χ4v) is 4.31. The number of rotatable bonds is 9. The molecule has 1 aromatic carbocycles. The number of aromatic nitrogens is 1. The molecular formula is C25H31ClN4O5. The lowest BCUT2D eigenvalue weighted by molar-refractivity contribution is -0.127. The highest BCUT2D eigenvalue weighted by Crippen LogP contribution is 2.40. The van der Waals surface area contributed by atoms with Gasteiger partial charge < -0.3 is 25.0 Å². The average Bonchev–Trinajstić information content (AvgIpc) is 2.82. The van der Waals surface area contributed by atoms with E-state index in [0.29, 0.717) is 13.0 Å². The molecule has 188 valence electrons. The number of halogens is 1. The van der Waals surface area contributed by atoms with Gasteiger partial charge in [-0.25, -0.2) is 9.78 Å². The van der Waals surface area contributed by atoms with Crippen molar-refractivity contribution in [1.29, 1.82) is 0 Å². The maximum Gasteiger partial charge on any atom is 0.409 e. The van der Waals surface area contributed by atoms with Gasteiger partial charge in [-0.15, -0.1) is 0 Å². The number of hydrogen-bond acceptors (Lipinski definition) is 6. The molecule has 9 nitrogen and oxygen atoms in total. The number of pyridine rings is 1. The fourth-order valence-electron chi connectivity index (χ4n) is 4.15. The Morgan fingerprint density at radius 2 is 1.91 bits per heavy atom. The minimum atomic E-state index is -1.02. The van der Waals surface area contributed by atoms with Gasteiger partial charge in [-0.1, -0.05) is 49.7 Å². The Bertz CT molecular complexity index is 1090. The molecule has 1 fully saturated rings. The second kappa shape index (κ2) is 11.5. The van der Waals surface area contributed by atoms with Gasteiger partial charge in [0.1, 0.15) is 10.6 Å². The van der Waals surface area contributed by atoms with E-state index in [1.807, 2.05) is 24.3 Å². The summed E-state index contributed by atoms with van der Waals surface area (Å²) in [5, 5.41) is 5.54. The third-order valence-corrected chi connectivity index (χ3v) is 6.23. The summed E-state index contributed by atoms with van der Waals surface area (Å²) in [5.41, 5.74) is 1.25. The molecule has 3 amide bonds. The van der Waals surface area contributed by atoms with Crippen molar-refractivity contribution >= 4 is 35.2 Å². The Morgan fingerprint density at radius 1 is 1.20 bits per heavy atom. The number of methoxy groups -OCH3 is 1. The number of carbonyl (C=O) groups excluding carboxylic acids is 3. The second-order valence-corrected chi connectivity index (χ2v) is 9.11. The van der Waals surface area contributed by atoms with Gasteiger partial charge in [0, 0.05) is 40.3 Å². The molecular weight excluding hydrogens is 472 g/mol. The third kappa shape index (κ3) is 5.74. The van der Waals surface area contributed by atoms with Crippen molar-refractivity contribution in [3.8, 4) is 0 Å². The summed E-state index contributed by atoms with van der Waals surface area (Å²) in [5.74, 6) is -0.594. The van der Waals surface area contributed by atoms with Crippen molar-refractivity contribution in [2.24, 2.45) is 0 Å². The van der Waals surface area contributed by atoms with Crippen LogP contribution in [0.15, 0.2) is 36.5 Å². The first kappa shape index (κ1) is 26.4. The SMILES string of the molecule is CNC(=O)c1cc(Cl)ncc1NC(=O)C1(c2ccccc2C(C)C)CN(C(=O)OCCCOC)C1. The topological polar surface area (TPSA) is 110 Å². The minimum Gasteiger partial charge on any atom is -0.449 e. The normalized spacial score (nSPS) is 14.3. The predicted molar refractivity (Wildman–Crippen MR) is 133 cm³/mol. The van der Waals surface area contributed by atoms with Gasteiger partial charge >= 0.3 is 6.09 Å². The number of benzene rings is 1. The number of carbonyl (C=O) groups is 3. The van der Waals surface area contributed by atoms with Gasteiger partial charge in [0.2, 0.25) is 5.91 Å². The molecule has 2 heterocycles. The molecule has 1 aliphatic rings. The number of amides is 3. The van der Waals surface area contributed by atoms with E-state index in [0.717, 1.165) is 11.1 Å². The Hall–Kier alpha value is -3.17. The quantitative estimate of drug-likeness (QED) is 0.400. The lowest BCUT2D eigenvalue weighted by atomic mass is 9.70. The van der Waals surface area contributed by atoms with Crippen LogP contribution < -0.4 is 10.6 Å². The number of hydrogen-bond donors (Lipinski definition) is 2. The van der Waals surface area contributed by atoms with E-state index in [1.165, 1.54) is 24.2 Å². The van der Waals surface area contributed by atoms with Crippen LogP contribution in [0.3, 0.4) is 0 Å². The molecule has 0 atom stereocenters. The molecule has 1 aromatic heterocycles. The molecule has 10 heteroatoms. The van der Waals surface area contributed by atoms with E-state index in [1.54, 1.807) is 7.11 Å². The van der Waals surface area contributed by atoms with E-state index >= 15 is 0 Å². The molecule has 2 N–H and O–H groups in total. The molecule has 0 bridgehead atoms. The van der Waals surface area contributed by atoms with Gasteiger partial charge in [-0.2, -0.15) is 0 Å². The highest BCUT2D eigenvalue weighted by atomic mass is 35.5. The van der Waals surface area contributed by atoms with E-state index in [4.69, 9.17) is 21.1 Å². The summed E-state index contributed by atoms with van der Waals surface area (Å²) in [4.78, 5) is 44.3. The molecule has 1 saturated heterocycles. The van der Waals surface area contributed by atoms with Crippen molar-refractivity contribution in [3.05, 3.63) is 58.4 Å². The van der Waals surface area contributed by atoms with E-state index in [-0.39, 0.29) is 47.9 Å². The van der Waals surface area contributed by atoms with Gasteiger partial charge in [0.05, 0.1) is 24.1 Å². The van der Waals surface area contributed by atoms with Crippen molar-refractivity contribution in [3.63, 3.8) is 0 Å². The van der Waals surface area contributed by atoms with Crippen LogP contribution in [0.1, 0.15) is 47.7 Å². The lowest BCUT2D eigenvalue weighted by Gasteiger charge is -2.49. The second-order valence-electron chi connectivity index (χ2n) is 8.73. The van der Waals surface area contributed by atoms with Crippen LogP contribution in [0, 0.1) is 0 Å². The molecule has 1 aliphatic heterocycles. The van der Waals surface area contributed by atoms with Crippen molar-refractivity contribution in [1.82, 2.24) is 15.2 Å². The zero-order valence-electron chi connectivity index (χ0n) is 20.4. The first-order chi connectivity index (χ1) is 16.7. The molecule has 35 heavy (non-hydrogen) atoms. The summed E-state index contributed by atoms with van der Waals surface area (Å²) in [6.07, 6.45) is 1.46. The van der Waals surface area contributed by atoms with Gasteiger partial charge in [0.25, 0.3) is 5.91 Å². The van der Waals surface area contributed by atoms with Crippen LogP contribution in [0.5, 0.6) is 0 Å². The summed E-state index contributed by atoms with van der Waals surface area (Å²) in [7, 11) is 3.08. The summed E-state index contributed by atoms with van der Waals surface area (Å²) in [6.45, 7) is 5.11. The Balaban J connectivity index is 1.91. The summed E-state index contributed by atoms with van der Waals surface area (Å²) < 4.78 is 10.3. The number of anilines is 1. The maximum absolute atomic E-state index is 13.8. The van der Waals surface area contributed by atoms with E-state index in [2.05, 4.69) is 29.5 Å². The van der Waals surface area contributed by atoms with Crippen LogP contribution in [-0.2, 0) is 19.7 Å². The highest BCUT2D eigenvalue weighted by molar-refractivity contribution is 6.30. The number of likely N-dealkylation sites (tertiary alicyclic amines) is 1. The highest BCUT2D eigenvalue weighted by Gasteiger charge is 2.54. The summed E-state index contributed by atoms with van der Waals surface area (Å²) >= 11 is 5.98. The fraction of sp³-hybridized carbons (Fsp3) is 0.440. The third-order valence-electron chi connectivity index (χ3n) is 6.02. The van der Waals surface area contributed by atoms with Crippen LogP contribution in [-0.4, -0.2) is 68.3 Å². The molecule has 2 aromatic rings. The zero-order valence-corrected chi connectivity index (χ0v) is 21.1. The van der Waals surface area contributed by atoms with Gasteiger partial charge in [-0.05, 0) is 23.1 Å². The average molecular weight is 503 g/mol. The molecule has 0 spiro atoms. The molecule has 0 radical (unpaired) electrons. The van der Waals surface area contributed by atoms with Crippen molar-refractivity contribution in [2.45, 2.75) is 31.6 Å². The zero-order chi connectivity index (χ0) is 25.6. The van der Waals surface area contributed by atoms with Crippen LogP contribution >= 0.6 is 11.6 Å². The predicted octanol–water partition coefficient (Wildman–Crippen LogP) is 3.58. The maximum atomic E-state index is 13.8. The van der Waals surface area contributed by atoms with Crippen molar-refractivity contribution in [2.75, 3.05) is 45.8 Å². The smallest absolute Gasteiger partial charge is 0.409 e. The van der Waals surface area contributed by atoms with Crippen molar-refractivity contribution < 1.29 is 23.9 Å². The van der Waals surface area contributed by atoms with Crippen LogP contribution in [0.25, 0.3) is 0 Å². The number of nitrogens with zero attached hydrogens (tertiary/aromatic N) is 2. The standard InChI is InChI=1S/C25H31ClN4O5/c1-16(2)17-8-5-6-9-19(17)25(14-30(15-25)24(33)35-11-7-10-34-4)23(32)29-20-13-28-21(26)12-18(20)22(31)27-3/h5-6,8-9,12-13,16H,7,10-11,14-15H2,1-4H3,(H,27,31)(H,29,32). The first-order valence-corrected chi connectivity index (χ1v) is 11.8. The molecule has 0 saturated carbocycles. The first-order valence-electron chi connectivity index (χ1n) is 11.4. The lowest BCUT2D eigenvalue weighted by Crippen LogP contribution is -2.66. The minimum absolute atomic E-state index is 0.132. The monoisotopic (exact) mass is 502 g/mol. The van der Waals surface area contributed by atoms with E-state index in [9.17, 15) is 14.4 Å². The Morgan fingerprint density at radius 3 is 2.57 bits per heavy atom. The Labute approximate surface area is 210 Å². The largest absolute Gasteiger partial charge is 0.449 e.